The maximum Gasteiger partial charge on any atom is 0.628 e. The molecule has 2 atom stereocenters. The van der Waals surface area contributed by atoms with E-state index in [-0.39, 0.29) is 33.3 Å². The third-order valence-electron chi connectivity index (χ3n) is 7.12. The van der Waals surface area contributed by atoms with E-state index in [1.807, 2.05) is 32.9 Å². The third-order valence-corrected chi connectivity index (χ3v) is 7.93. The van der Waals surface area contributed by atoms with Crippen LogP contribution in [0, 0.1) is 0 Å². The zero-order valence-corrected chi connectivity index (χ0v) is 24.6. The minimum absolute atomic E-state index is 0.0112. The molecule has 0 heterocycles. The zero-order valence-electron chi connectivity index (χ0n) is 23.7. The summed E-state index contributed by atoms with van der Waals surface area (Å²) < 4.78 is 40.4. The van der Waals surface area contributed by atoms with E-state index in [2.05, 4.69) is 74.4 Å². The van der Waals surface area contributed by atoms with E-state index in [0.717, 1.165) is 28.7 Å². The molecule has 194 valence electrons. The SMILES string of the molecule is CC1CC(C)(C)c2cc1c(OP(=O)(F)Oc1ccc(C(C)(C)C)cc1C(C)(C)C)c(C(C)(C)C)c2. The first kappa shape index (κ1) is 27.8. The molecule has 0 N–H and O–H groups in total. The Morgan fingerprint density at radius 1 is 0.857 bits per heavy atom. The lowest BCUT2D eigenvalue weighted by Crippen LogP contribution is -2.27. The maximum absolute atomic E-state index is 15.8. The number of halogens is 1. The van der Waals surface area contributed by atoms with Gasteiger partial charge in [0.05, 0.1) is 0 Å². The van der Waals surface area contributed by atoms with Gasteiger partial charge in [0.15, 0.2) is 0 Å². The van der Waals surface area contributed by atoms with Crippen molar-refractivity contribution in [2.45, 2.75) is 117 Å². The predicted molar refractivity (Wildman–Crippen MR) is 145 cm³/mol. The van der Waals surface area contributed by atoms with Gasteiger partial charge < -0.3 is 9.05 Å². The second-order valence-corrected chi connectivity index (χ2v) is 15.2. The highest BCUT2D eigenvalue weighted by Gasteiger charge is 2.39. The third kappa shape index (κ3) is 5.96. The van der Waals surface area contributed by atoms with Crippen molar-refractivity contribution in [3.63, 3.8) is 0 Å². The summed E-state index contributed by atoms with van der Waals surface area (Å²) in [5.41, 5.74) is 4.13. The van der Waals surface area contributed by atoms with Crippen molar-refractivity contribution in [1.82, 2.24) is 0 Å². The van der Waals surface area contributed by atoms with E-state index >= 15 is 4.20 Å². The summed E-state index contributed by atoms with van der Waals surface area (Å²) >= 11 is 0. The number of hydrogen-bond acceptors (Lipinski definition) is 3. The smallest absolute Gasteiger partial charge is 0.392 e. The Labute approximate surface area is 212 Å². The molecule has 0 spiro atoms. The quantitative estimate of drug-likeness (QED) is 0.390. The van der Waals surface area contributed by atoms with Crippen LogP contribution in [0.5, 0.6) is 11.5 Å². The normalized spacial score (nSPS) is 19.7. The fourth-order valence-electron chi connectivity index (χ4n) is 4.97. The molecule has 1 aliphatic rings. The summed E-state index contributed by atoms with van der Waals surface area (Å²) in [5.74, 6) is 0.762. The van der Waals surface area contributed by atoms with Crippen molar-refractivity contribution in [1.29, 1.82) is 0 Å². The lowest BCUT2D eigenvalue weighted by molar-refractivity contribution is 0.324. The van der Waals surface area contributed by atoms with E-state index in [1.165, 1.54) is 5.56 Å². The molecule has 2 aromatic rings. The summed E-state index contributed by atoms with van der Waals surface area (Å²) in [6, 6.07) is 9.83. The Bertz CT molecular complexity index is 1160. The molecule has 3 rings (SSSR count). The molecule has 1 aliphatic carbocycles. The summed E-state index contributed by atoms with van der Waals surface area (Å²) in [4.78, 5) is 0. The highest BCUT2D eigenvalue weighted by atomic mass is 31.2. The molecule has 2 bridgehead atoms. The van der Waals surface area contributed by atoms with Crippen molar-refractivity contribution in [2.75, 3.05) is 0 Å². The van der Waals surface area contributed by atoms with Crippen LogP contribution in [0.15, 0.2) is 30.3 Å². The molecule has 0 radical (unpaired) electrons. The summed E-state index contributed by atoms with van der Waals surface area (Å²) in [7, 11) is -4.97. The molecule has 0 aromatic heterocycles. The minimum Gasteiger partial charge on any atom is -0.392 e. The molecule has 35 heavy (non-hydrogen) atoms. The fourth-order valence-corrected chi connectivity index (χ4v) is 5.82. The van der Waals surface area contributed by atoms with Crippen LogP contribution in [-0.2, 0) is 26.2 Å². The molecule has 5 heteroatoms. The van der Waals surface area contributed by atoms with Crippen LogP contribution in [0.2, 0.25) is 0 Å². The van der Waals surface area contributed by atoms with Crippen molar-refractivity contribution < 1.29 is 17.8 Å². The molecule has 0 fully saturated rings. The van der Waals surface area contributed by atoms with Crippen molar-refractivity contribution in [2.24, 2.45) is 0 Å². The van der Waals surface area contributed by atoms with Crippen LogP contribution < -0.4 is 9.05 Å². The number of hydrogen-bond donors (Lipinski definition) is 0. The topological polar surface area (TPSA) is 35.5 Å². The molecule has 0 saturated carbocycles. The van der Waals surface area contributed by atoms with Gasteiger partial charge in [0.1, 0.15) is 11.5 Å². The molecular weight excluding hydrogens is 458 g/mol. The largest absolute Gasteiger partial charge is 0.628 e. The van der Waals surface area contributed by atoms with Crippen LogP contribution in [-0.4, -0.2) is 0 Å². The average Bonchev–Trinajstić information content (AvgIpc) is 2.63. The first-order valence-electron chi connectivity index (χ1n) is 12.6. The highest BCUT2D eigenvalue weighted by Crippen LogP contribution is 2.57. The minimum atomic E-state index is -4.97. The van der Waals surface area contributed by atoms with Gasteiger partial charge in [0, 0.05) is 11.1 Å². The van der Waals surface area contributed by atoms with E-state index in [4.69, 9.17) is 9.05 Å². The van der Waals surface area contributed by atoms with Gasteiger partial charge in [-0.15, -0.1) is 4.20 Å². The van der Waals surface area contributed by atoms with Gasteiger partial charge in [-0.2, -0.15) is 0 Å². The lowest BCUT2D eigenvalue weighted by Gasteiger charge is -2.38. The second-order valence-electron chi connectivity index (χ2n) is 14.0. The van der Waals surface area contributed by atoms with E-state index in [0.29, 0.717) is 5.75 Å². The zero-order chi connectivity index (χ0) is 26.8. The number of benzene rings is 2. The lowest BCUT2D eigenvalue weighted by atomic mass is 9.68. The molecule has 2 unspecified atom stereocenters. The molecule has 0 aliphatic heterocycles. The number of rotatable bonds is 4. The van der Waals surface area contributed by atoms with Gasteiger partial charge in [-0.25, -0.2) is 4.57 Å². The van der Waals surface area contributed by atoms with Crippen LogP contribution in [0.1, 0.15) is 123 Å². The average molecular weight is 503 g/mol. The van der Waals surface area contributed by atoms with Gasteiger partial charge in [0.2, 0.25) is 0 Å². The summed E-state index contributed by atoms with van der Waals surface area (Å²) in [6.07, 6.45) is 0.912. The van der Waals surface area contributed by atoms with E-state index in [1.54, 1.807) is 6.07 Å². The first-order valence-corrected chi connectivity index (χ1v) is 14.1. The van der Waals surface area contributed by atoms with Gasteiger partial charge in [0.25, 0.3) is 0 Å². The van der Waals surface area contributed by atoms with Gasteiger partial charge >= 0.3 is 7.91 Å². The Balaban J connectivity index is 2.08. The first-order chi connectivity index (χ1) is 15.6. The van der Waals surface area contributed by atoms with E-state index in [9.17, 15) is 4.57 Å². The maximum atomic E-state index is 15.8. The highest BCUT2D eigenvalue weighted by molar-refractivity contribution is 7.48. The summed E-state index contributed by atoms with van der Waals surface area (Å²) in [5, 5.41) is 0. The molecular formula is C30H44FO3P. The van der Waals surface area contributed by atoms with Gasteiger partial charge in [-0.05, 0) is 56.8 Å². The predicted octanol–water partition coefficient (Wildman–Crippen LogP) is 9.90. The van der Waals surface area contributed by atoms with Crippen LogP contribution in [0.4, 0.5) is 4.20 Å². The molecule has 3 nitrogen and oxygen atoms in total. The van der Waals surface area contributed by atoms with Crippen LogP contribution in [0.3, 0.4) is 0 Å². The Hall–Kier alpha value is -1.80. The molecule has 0 saturated heterocycles. The van der Waals surface area contributed by atoms with Crippen molar-refractivity contribution >= 4 is 7.91 Å². The van der Waals surface area contributed by atoms with Crippen LogP contribution >= 0.6 is 7.91 Å². The summed E-state index contributed by atoms with van der Waals surface area (Å²) in [6.45, 7) is 25.3. The van der Waals surface area contributed by atoms with Crippen LogP contribution in [0.25, 0.3) is 0 Å². The monoisotopic (exact) mass is 502 g/mol. The second kappa shape index (κ2) is 8.65. The number of fused-ring (bicyclic) bond motifs is 2. The Morgan fingerprint density at radius 3 is 1.94 bits per heavy atom. The van der Waals surface area contributed by atoms with Gasteiger partial charge in [-0.1, -0.05) is 107 Å². The van der Waals surface area contributed by atoms with Crippen molar-refractivity contribution in [3.05, 3.63) is 58.1 Å². The standard InChI is InChI=1S/C30H44FO3P/c1-19-18-30(11,12)21-15-22(19)26(24(17-21)29(8,9)10)34-35(31,32)33-25-14-13-20(27(2,3)4)16-23(25)28(5,6)7/h13-17,19H,18H2,1-12H3. The Kier molecular flexibility index (Phi) is 6.87. The van der Waals surface area contributed by atoms with E-state index < -0.39 is 7.91 Å². The Morgan fingerprint density at radius 2 is 1.43 bits per heavy atom. The molecule has 2 aromatic carbocycles. The fraction of sp³-hybridized carbons (Fsp3) is 0.600. The molecule has 0 amide bonds. The van der Waals surface area contributed by atoms with Crippen molar-refractivity contribution in [3.8, 4) is 11.5 Å². The van der Waals surface area contributed by atoms with Gasteiger partial charge in [-0.3, -0.25) is 0 Å².